The van der Waals surface area contributed by atoms with E-state index in [0.29, 0.717) is 17.6 Å². The van der Waals surface area contributed by atoms with Gasteiger partial charge in [-0.2, -0.15) is 0 Å². The Morgan fingerprint density at radius 3 is 2.60 bits per heavy atom. The van der Waals surface area contributed by atoms with Crippen LogP contribution in [-0.4, -0.2) is 34.1 Å². The van der Waals surface area contributed by atoms with Crippen LogP contribution in [0, 0.1) is 5.82 Å². The molecule has 1 aromatic heterocycles. The molecule has 1 heterocycles. The third-order valence-electron chi connectivity index (χ3n) is 5.01. The van der Waals surface area contributed by atoms with Gasteiger partial charge in [-0.1, -0.05) is 12.1 Å². The molecule has 2 atom stereocenters. The normalized spacial score (nSPS) is 18.6. The molecular formula is C22H21FN4O3. The van der Waals surface area contributed by atoms with E-state index in [4.69, 9.17) is 4.74 Å². The first kappa shape index (κ1) is 19.8. The van der Waals surface area contributed by atoms with E-state index < -0.39 is 6.09 Å². The van der Waals surface area contributed by atoms with Crippen molar-refractivity contribution in [1.82, 2.24) is 15.3 Å². The SMILES string of the molecule is O=C(Nc1ccc(F)cc1)OC1CCCC(NC(=O)c2cnc3ccccc3n2)C1. The van der Waals surface area contributed by atoms with E-state index in [1.807, 2.05) is 24.3 Å². The third kappa shape index (κ3) is 4.89. The van der Waals surface area contributed by atoms with Crippen molar-refractivity contribution in [3.8, 4) is 0 Å². The van der Waals surface area contributed by atoms with Crippen molar-refractivity contribution in [1.29, 1.82) is 0 Å². The highest BCUT2D eigenvalue weighted by Crippen LogP contribution is 2.22. The summed E-state index contributed by atoms with van der Waals surface area (Å²) in [5.74, 6) is -0.675. The van der Waals surface area contributed by atoms with Crippen LogP contribution in [-0.2, 0) is 4.74 Å². The maximum Gasteiger partial charge on any atom is 0.411 e. The van der Waals surface area contributed by atoms with Gasteiger partial charge in [-0.15, -0.1) is 0 Å². The number of hydrogen-bond donors (Lipinski definition) is 2. The van der Waals surface area contributed by atoms with Crippen molar-refractivity contribution in [2.24, 2.45) is 0 Å². The van der Waals surface area contributed by atoms with Gasteiger partial charge in [0.15, 0.2) is 0 Å². The Bertz CT molecular complexity index is 1060. The predicted molar refractivity (Wildman–Crippen MR) is 110 cm³/mol. The van der Waals surface area contributed by atoms with Crippen molar-refractivity contribution in [3.05, 3.63) is 66.2 Å². The lowest BCUT2D eigenvalue weighted by Crippen LogP contribution is -2.41. The van der Waals surface area contributed by atoms with E-state index in [1.165, 1.54) is 30.5 Å². The second-order valence-corrected chi connectivity index (χ2v) is 7.24. The van der Waals surface area contributed by atoms with Crippen LogP contribution in [0.25, 0.3) is 11.0 Å². The van der Waals surface area contributed by atoms with Gasteiger partial charge in [-0.05, 0) is 55.7 Å². The Kier molecular flexibility index (Phi) is 5.83. The lowest BCUT2D eigenvalue weighted by atomic mass is 9.92. The highest BCUT2D eigenvalue weighted by molar-refractivity contribution is 5.94. The molecule has 1 fully saturated rings. The van der Waals surface area contributed by atoms with Crippen LogP contribution in [0.3, 0.4) is 0 Å². The number of para-hydroxylation sites is 2. The largest absolute Gasteiger partial charge is 0.446 e. The number of rotatable bonds is 4. The molecule has 0 spiro atoms. The summed E-state index contributed by atoms with van der Waals surface area (Å²) in [5, 5.41) is 5.55. The van der Waals surface area contributed by atoms with E-state index in [9.17, 15) is 14.0 Å². The van der Waals surface area contributed by atoms with Gasteiger partial charge >= 0.3 is 6.09 Å². The van der Waals surface area contributed by atoms with Crippen LogP contribution in [0.15, 0.2) is 54.7 Å². The number of nitrogens with zero attached hydrogens (tertiary/aromatic N) is 2. The highest BCUT2D eigenvalue weighted by atomic mass is 19.1. The van der Waals surface area contributed by atoms with Crippen LogP contribution in [0.5, 0.6) is 0 Å². The van der Waals surface area contributed by atoms with E-state index in [-0.39, 0.29) is 29.6 Å². The number of ether oxygens (including phenoxy) is 1. The second kappa shape index (κ2) is 8.86. The number of benzene rings is 2. The Labute approximate surface area is 172 Å². The lowest BCUT2D eigenvalue weighted by molar-refractivity contribution is 0.0711. The number of amides is 2. The smallest absolute Gasteiger partial charge is 0.411 e. The zero-order valence-electron chi connectivity index (χ0n) is 16.2. The number of anilines is 1. The maximum atomic E-state index is 13.0. The molecule has 3 aromatic rings. The molecule has 1 aliphatic rings. The third-order valence-corrected chi connectivity index (χ3v) is 5.01. The number of carbonyl (C=O) groups is 2. The quantitative estimate of drug-likeness (QED) is 0.679. The number of nitrogens with one attached hydrogen (secondary N) is 2. The minimum Gasteiger partial charge on any atom is -0.446 e. The van der Waals surface area contributed by atoms with Crippen molar-refractivity contribution in [2.75, 3.05) is 5.32 Å². The Hall–Kier alpha value is -3.55. The fourth-order valence-electron chi connectivity index (χ4n) is 3.54. The summed E-state index contributed by atoms with van der Waals surface area (Å²) in [5.41, 5.74) is 2.10. The lowest BCUT2D eigenvalue weighted by Gasteiger charge is -2.29. The van der Waals surface area contributed by atoms with Gasteiger partial charge in [0.1, 0.15) is 17.6 Å². The van der Waals surface area contributed by atoms with Gasteiger partial charge in [0.25, 0.3) is 5.91 Å². The molecule has 8 heteroatoms. The Morgan fingerprint density at radius 1 is 1.03 bits per heavy atom. The summed E-state index contributed by atoms with van der Waals surface area (Å²) in [6.45, 7) is 0. The molecule has 2 amide bonds. The average Bonchev–Trinajstić information content (AvgIpc) is 2.75. The van der Waals surface area contributed by atoms with Gasteiger partial charge in [0.2, 0.25) is 0 Å². The van der Waals surface area contributed by atoms with E-state index in [1.54, 1.807) is 0 Å². The summed E-state index contributed by atoms with van der Waals surface area (Å²) in [6.07, 6.45) is 3.41. The fourth-order valence-corrected chi connectivity index (χ4v) is 3.54. The average molecular weight is 408 g/mol. The van der Waals surface area contributed by atoms with E-state index in [2.05, 4.69) is 20.6 Å². The first-order valence-corrected chi connectivity index (χ1v) is 9.83. The predicted octanol–water partition coefficient (Wildman–Crippen LogP) is 4.06. The van der Waals surface area contributed by atoms with Crippen LogP contribution in [0.2, 0.25) is 0 Å². The molecule has 1 saturated carbocycles. The summed E-state index contributed by atoms with van der Waals surface area (Å²) in [6, 6.07) is 12.7. The fraction of sp³-hybridized carbons (Fsp3) is 0.273. The van der Waals surface area contributed by atoms with Crippen molar-refractivity contribution in [2.45, 2.75) is 37.8 Å². The van der Waals surface area contributed by atoms with Crippen LogP contribution in [0.4, 0.5) is 14.9 Å². The topological polar surface area (TPSA) is 93.2 Å². The Morgan fingerprint density at radius 2 is 1.80 bits per heavy atom. The standard InChI is InChI=1S/C22H21FN4O3/c23-14-8-10-15(11-9-14)26-22(29)30-17-5-3-4-16(12-17)25-21(28)20-13-24-18-6-1-2-7-19(18)27-20/h1-2,6-11,13,16-17H,3-5,12H2,(H,25,28)(H,26,29). The second-order valence-electron chi connectivity index (χ2n) is 7.24. The van der Waals surface area contributed by atoms with Crippen molar-refractivity contribution < 1.29 is 18.7 Å². The molecule has 2 unspecified atom stereocenters. The van der Waals surface area contributed by atoms with Crippen LogP contribution >= 0.6 is 0 Å². The molecule has 30 heavy (non-hydrogen) atoms. The number of fused-ring (bicyclic) bond motifs is 1. The van der Waals surface area contributed by atoms with Gasteiger partial charge < -0.3 is 10.1 Å². The number of halogens is 1. The van der Waals surface area contributed by atoms with Gasteiger partial charge in [-0.25, -0.2) is 14.2 Å². The van der Waals surface area contributed by atoms with Crippen LogP contribution < -0.4 is 10.6 Å². The number of hydrogen-bond acceptors (Lipinski definition) is 5. The zero-order valence-corrected chi connectivity index (χ0v) is 16.2. The molecule has 7 nitrogen and oxygen atoms in total. The number of aromatic nitrogens is 2. The minimum atomic E-state index is -0.598. The molecular weight excluding hydrogens is 387 g/mol. The van der Waals surface area contributed by atoms with E-state index in [0.717, 1.165) is 24.8 Å². The van der Waals surface area contributed by atoms with Gasteiger partial charge in [0, 0.05) is 18.2 Å². The molecule has 2 N–H and O–H groups in total. The Balaban J connectivity index is 1.32. The zero-order chi connectivity index (χ0) is 20.9. The molecule has 2 aromatic carbocycles. The summed E-state index contributed by atoms with van der Waals surface area (Å²) >= 11 is 0. The maximum absolute atomic E-state index is 13.0. The van der Waals surface area contributed by atoms with Crippen molar-refractivity contribution >= 4 is 28.7 Å². The first-order valence-electron chi connectivity index (χ1n) is 9.83. The van der Waals surface area contributed by atoms with Gasteiger partial charge in [0.05, 0.1) is 17.2 Å². The monoisotopic (exact) mass is 408 g/mol. The van der Waals surface area contributed by atoms with Crippen LogP contribution in [0.1, 0.15) is 36.2 Å². The molecule has 0 bridgehead atoms. The summed E-state index contributed by atoms with van der Waals surface area (Å²) in [4.78, 5) is 33.3. The summed E-state index contributed by atoms with van der Waals surface area (Å²) < 4.78 is 18.4. The minimum absolute atomic E-state index is 0.122. The molecule has 154 valence electrons. The number of carbonyl (C=O) groups excluding carboxylic acids is 2. The first-order chi connectivity index (χ1) is 14.6. The molecule has 0 radical (unpaired) electrons. The molecule has 0 aliphatic heterocycles. The highest BCUT2D eigenvalue weighted by Gasteiger charge is 2.26. The molecule has 0 saturated heterocycles. The summed E-state index contributed by atoms with van der Waals surface area (Å²) in [7, 11) is 0. The van der Waals surface area contributed by atoms with Crippen molar-refractivity contribution in [3.63, 3.8) is 0 Å². The van der Waals surface area contributed by atoms with Gasteiger partial charge in [-0.3, -0.25) is 15.1 Å². The van der Waals surface area contributed by atoms with E-state index >= 15 is 0 Å². The molecule has 1 aliphatic carbocycles. The molecule has 4 rings (SSSR count).